The normalized spacial score (nSPS) is 8.70. The number of hydrogen-bond acceptors (Lipinski definition) is 2. The fourth-order valence-corrected chi connectivity index (χ4v) is 1.40. The van der Waals surface area contributed by atoms with Gasteiger partial charge in [0.15, 0.2) is 0 Å². The molecule has 0 fully saturated rings. The van der Waals surface area contributed by atoms with Crippen molar-refractivity contribution in [1.29, 1.82) is 0 Å². The molecule has 0 N–H and O–H groups in total. The van der Waals surface area contributed by atoms with Crippen LogP contribution in [0.25, 0.3) is 0 Å². The molecule has 0 heterocycles. The molecule has 0 unspecified atom stereocenters. The van der Waals surface area contributed by atoms with Gasteiger partial charge in [-0.25, -0.2) is 0 Å². The van der Waals surface area contributed by atoms with Crippen LogP contribution in [0.4, 0.5) is 0 Å². The quantitative estimate of drug-likeness (QED) is 0.478. The summed E-state index contributed by atoms with van der Waals surface area (Å²) in [6.45, 7) is 19.6. The molecule has 1 aromatic carbocycles. The van der Waals surface area contributed by atoms with Crippen LogP contribution in [0.3, 0.4) is 0 Å². The highest BCUT2D eigenvalue weighted by Gasteiger charge is 1.95. The summed E-state index contributed by atoms with van der Waals surface area (Å²) in [5, 5.41) is 0. The minimum Gasteiger partial charge on any atom is -0.377 e. The number of hydrogen-bond donors (Lipinski definition) is 0. The van der Waals surface area contributed by atoms with Gasteiger partial charge in [0.25, 0.3) is 0 Å². The van der Waals surface area contributed by atoms with Gasteiger partial charge >= 0.3 is 0 Å². The molecule has 138 valence electrons. The molecule has 2 heteroatoms. The Bertz CT molecular complexity index is 251. The standard InChI is InChI=1S/C14H22O2.C3H8.2C2H6/c1-3-9-15-11-13-5-7-14(8-6-13)12-16-10-4-2;1-3-2;2*1-2/h5-8H,3-4,9-12H2,1-2H3;3H2,1-2H3;2*1-2H3. The van der Waals surface area contributed by atoms with Crippen molar-refractivity contribution in [3.05, 3.63) is 35.4 Å². The second kappa shape index (κ2) is 26.1. The maximum Gasteiger partial charge on any atom is 0.0716 e. The van der Waals surface area contributed by atoms with Crippen LogP contribution in [0.15, 0.2) is 24.3 Å². The van der Waals surface area contributed by atoms with Gasteiger partial charge in [-0.15, -0.1) is 0 Å². The lowest BCUT2D eigenvalue weighted by Gasteiger charge is -2.05. The molecule has 0 bridgehead atoms. The molecular weight excluding hydrogens is 284 g/mol. The van der Waals surface area contributed by atoms with Gasteiger partial charge in [0.2, 0.25) is 0 Å². The van der Waals surface area contributed by atoms with Gasteiger partial charge in [-0.2, -0.15) is 0 Å². The molecule has 0 radical (unpaired) electrons. The van der Waals surface area contributed by atoms with Crippen molar-refractivity contribution in [2.75, 3.05) is 13.2 Å². The number of ether oxygens (including phenoxy) is 2. The van der Waals surface area contributed by atoms with E-state index in [0.29, 0.717) is 13.2 Å². The third-order valence-corrected chi connectivity index (χ3v) is 2.26. The van der Waals surface area contributed by atoms with Crippen molar-refractivity contribution in [3.8, 4) is 0 Å². The van der Waals surface area contributed by atoms with Crippen LogP contribution >= 0.6 is 0 Å². The first-order valence-electron chi connectivity index (χ1n) is 9.51. The van der Waals surface area contributed by atoms with E-state index in [-0.39, 0.29) is 0 Å². The second-order valence-corrected chi connectivity index (χ2v) is 4.63. The Morgan fingerprint density at radius 3 is 1.09 bits per heavy atom. The molecule has 0 aliphatic heterocycles. The molecule has 2 nitrogen and oxygen atoms in total. The van der Waals surface area contributed by atoms with Crippen LogP contribution < -0.4 is 0 Å². The van der Waals surface area contributed by atoms with Crippen molar-refractivity contribution in [1.82, 2.24) is 0 Å². The summed E-state index contributed by atoms with van der Waals surface area (Å²) in [6.07, 6.45) is 3.39. The van der Waals surface area contributed by atoms with E-state index in [1.54, 1.807) is 0 Å². The maximum atomic E-state index is 5.48. The first-order valence-corrected chi connectivity index (χ1v) is 9.51. The van der Waals surface area contributed by atoms with Gasteiger partial charge < -0.3 is 9.47 Å². The van der Waals surface area contributed by atoms with Crippen LogP contribution in [0.1, 0.15) is 85.8 Å². The van der Waals surface area contributed by atoms with Gasteiger partial charge in [0.1, 0.15) is 0 Å². The molecule has 0 aliphatic carbocycles. The lowest BCUT2D eigenvalue weighted by atomic mass is 10.1. The highest BCUT2D eigenvalue weighted by atomic mass is 16.5. The van der Waals surface area contributed by atoms with E-state index in [1.165, 1.54) is 17.5 Å². The van der Waals surface area contributed by atoms with Crippen LogP contribution in [-0.4, -0.2) is 13.2 Å². The first-order chi connectivity index (χ1) is 11.3. The summed E-state index contributed by atoms with van der Waals surface area (Å²) in [6, 6.07) is 8.45. The molecule has 1 rings (SSSR count). The molecule has 0 spiro atoms. The van der Waals surface area contributed by atoms with E-state index in [2.05, 4.69) is 52.0 Å². The predicted molar refractivity (Wildman–Crippen MR) is 105 cm³/mol. The van der Waals surface area contributed by atoms with Crippen LogP contribution in [0, 0.1) is 0 Å². The molecular formula is C21H42O2. The highest BCUT2D eigenvalue weighted by molar-refractivity contribution is 5.21. The molecule has 1 aromatic rings. The van der Waals surface area contributed by atoms with Crippen molar-refractivity contribution in [2.24, 2.45) is 0 Å². The largest absolute Gasteiger partial charge is 0.377 e. The predicted octanol–water partition coefficient (Wildman–Crippen LogP) is 7.01. The topological polar surface area (TPSA) is 18.5 Å². The lowest BCUT2D eigenvalue weighted by molar-refractivity contribution is 0.119. The zero-order valence-electron chi connectivity index (χ0n) is 17.1. The van der Waals surface area contributed by atoms with E-state index in [9.17, 15) is 0 Å². The minimum atomic E-state index is 0.712. The zero-order valence-corrected chi connectivity index (χ0v) is 17.1. The molecule has 0 saturated carbocycles. The Balaban J connectivity index is -0.000000496. The van der Waals surface area contributed by atoms with Crippen LogP contribution in [-0.2, 0) is 22.7 Å². The second-order valence-electron chi connectivity index (χ2n) is 4.63. The summed E-state index contributed by atoms with van der Waals surface area (Å²) in [5.41, 5.74) is 2.46. The fourth-order valence-electron chi connectivity index (χ4n) is 1.40. The third kappa shape index (κ3) is 21.1. The molecule has 23 heavy (non-hydrogen) atoms. The van der Waals surface area contributed by atoms with Gasteiger partial charge in [-0.05, 0) is 24.0 Å². The van der Waals surface area contributed by atoms with Crippen LogP contribution in [0.2, 0.25) is 0 Å². The Labute approximate surface area is 146 Å². The Morgan fingerprint density at radius 1 is 0.609 bits per heavy atom. The van der Waals surface area contributed by atoms with Gasteiger partial charge in [0, 0.05) is 13.2 Å². The lowest BCUT2D eigenvalue weighted by Crippen LogP contribution is -1.96. The van der Waals surface area contributed by atoms with E-state index in [1.807, 2.05) is 27.7 Å². The van der Waals surface area contributed by atoms with Gasteiger partial charge in [-0.1, -0.05) is 86.1 Å². The van der Waals surface area contributed by atoms with E-state index < -0.39 is 0 Å². The summed E-state index contributed by atoms with van der Waals surface area (Å²) in [4.78, 5) is 0. The Kier molecular flexibility index (Phi) is 30.6. The van der Waals surface area contributed by atoms with Crippen molar-refractivity contribution >= 4 is 0 Å². The summed E-state index contributed by atoms with van der Waals surface area (Å²) in [7, 11) is 0. The van der Waals surface area contributed by atoms with Crippen molar-refractivity contribution < 1.29 is 9.47 Å². The fraction of sp³-hybridized carbons (Fsp3) is 0.714. The van der Waals surface area contributed by atoms with Gasteiger partial charge in [-0.3, -0.25) is 0 Å². The Hall–Kier alpha value is -0.860. The zero-order chi connectivity index (χ0) is 18.3. The Morgan fingerprint density at radius 2 is 0.870 bits per heavy atom. The molecule has 0 aliphatic rings. The molecule has 0 atom stereocenters. The summed E-state index contributed by atoms with van der Waals surface area (Å²) < 4.78 is 11.0. The average molecular weight is 327 g/mol. The van der Waals surface area contributed by atoms with E-state index >= 15 is 0 Å². The van der Waals surface area contributed by atoms with Crippen molar-refractivity contribution in [3.63, 3.8) is 0 Å². The molecule has 0 saturated heterocycles. The van der Waals surface area contributed by atoms with Gasteiger partial charge in [0.05, 0.1) is 13.2 Å². The maximum absolute atomic E-state index is 5.48. The monoisotopic (exact) mass is 326 g/mol. The smallest absolute Gasteiger partial charge is 0.0716 e. The first kappa shape index (κ1) is 27.0. The SMILES string of the molecule is CC.CC.CCC.CCCOCc1ccc(COCCC)cc1. The number of benzene rings is 1. The highest BCUT2D eigenvalue weighted by Crippen LogP contribution is 2.07. The number of rotatable bonds is 8. The van der Waals surface area contributed by atoms with Crippen molar-refractivity contribution in [2.45, 2.75) is 87.9 Å². The van der Waals surface area contributed by atoms with E-state index in [4.69, 9.17) is 9.47 Å². The van der Waals surface area contributed by atoms with E-state index in [0.717, 1.165) is 26.1 Å². The summed E-state index contributed by atoms with van der Waals surface area (Å²) >= 11 is 0. The summed E-state index contributed by atoms with van der Waals surface area (Å²) in [5.74, 6) is 0. The minimum absolute atomic E-state index is 0.712. The third-order valence-electron chi connectivity index (χ3n) is 2.26. The average Bonchev–Trinajstić information content (AvgIpc) is 2.61. The molecule has 0 amide bonds. The van der Waals surface area contributed by atoms with Crippen LogP contribution in [0.5, 0.6) is 0 Å². The molecule has 0 aromatic heterocycles.